The summed E-state index contributed by atoms with van der Waals surface area (Å²) in [6.45, 7) is 2.03. The van der Waals surface area contributed by atoms with E-state index in [1.165, 1.54) is 6.92 Å². The molecule has 1 aromatic carbocycles. The average molecular weight is 232 g/mol. The molecule has 0 saturated heterocycles. The van der Waals surface area contributed by atoms with Gasteiger partial charge in [0, 0.05) is 25.1 Å². The van der Waals surface area contributed by atoms with Gasteiger partial charge < -0.3 is 10.6 Å². The van der Waals surface area contributed by atoms with Crippen molar-refractivity contribution in [2.75, 3.05) is 5.32 Å². The fourth-order valence-electron chi connectivity index (χ4n) is 1.59. The first-order valence-electron chi connectivity index (χ1n) is 5.79. The minimum absolute atomic E-state index is 0.0835. The molecule has 4 heteroatoms. The summed E-state index contributed by atoms with van der Waals surface area (Å²) >= 11 is 0. The number of rotatable bonds is 4. The first-order chi connectivity index (χ1) is 8.15. The van der Waals surface area contributed by atoms with Gasteiger partial charge in [0.05, 0.1) is 0 Å². The van der Waals surface area contributed by atoms with E-state index in [9.17, 15) is 9.59 Å². The molecule has 0 spiro atoms. The third-order valence-electron chi connectivity index (χ3n) is 2.69. The maximum atomic E-state index is 11.4. The average Bonchev–Trinajstić information content (AvgIpc) is 3.11. The van der Waals surface area contributed by atoms with E-state index in [1.807, 2.05) is 24.3 Å². The fraction of sp³-hybridized carbons (Fsp3) is 0.385. The molecule has 2 amide bonds. The Morgan fingerprint density at radius 2 is 1.88 bits per heavy atom. The van der Waals surface area contributed by atoms with Crippen LogP contribution in [0.5, 0.6) is 0 Å². The van der Waals surface area contributed by atoms with Crippen LogP contribution in [-0.2, 0) is 16.1 Å². The first-order valence-corrected chi connectivity index (χ1v) is 5.79. The maximum Gasteiger partial charge on any atom is 0.223 e. The van der Waals surface area contributed by atoms with Crippen molar-refractivity contribution < 1.29 is 9.59 Å². The molecule has 1 aliphatic carbocycles. The molecule has 2 rings (SSSR count). The van der Waals surface area contributed by atoms with Crippen LogP contribution in [0.2, 0.25) is 0 Å². The first kappa shape index (κ1) is 11.6. The molecule has 17 heavy (non-hydrogen) atoms. The van der Waals surface area contributed by atoms with Crippen LogP contribution in [0, 0.1) is 5.92 Å². The Kier molecular flexibility index (Phi) is 3.42. The van der Waals surface area contributed by atoms with Gasteiger partial charge in [-0.1, -0.05) is 12.1 Å². The van der Waals surface area contributed by atoms with E-state index in [-0.39, 0.29) is 17.7 Å². The molecule has 0 bridgehead atoms. The lowest BCUT2D eigenvalue weighted by molar-refractivity contribution is -0.122. The van der Waals surface area contributed by atoms with Crippen molar-refractivity contribution >= 4 is 17.5 Å². The number of nitrogens with one attached hydrogen (secondary N) is 2. The molecule has 0 heterocycles. The standard InChI is InChI=1S/C13H16N2O2/c1-9(16)15-12-6-2-10(3-7-12)8-14-13(17)11-4-5-11/h2-3,6-7,11H,4-5,8H2,1H3,(H,14,17)(H,15,16). The maximum absolute atomic E-state index is 11.4. The minimum atomic E-state index is -0.0835. The predicted molar refractivity (Wildman–Crippen MR) is 65.3 cm³/mol. The van der Waals surface area contributed by atoms with Crippen LogP contribution in [0.15, 0.2) is 24.3 Å². The molecule has 0 aromatic heterocycles. The van der Waals surface area contributed by atoms with Gasteiger partial charge in [0.15, 0.2) is 0 Å². The second-order valence-corrected chi connectivity index (χ2v) is 4.37. The zero-order valence-corrected chi connectivity index (χ0v) is 9.82. The monoisotopic (exact) mass is 232 g/mol. The zero-order valence-electron chi connectivity index (χ0n) is 9.82. The second-order valence-electron chi connectivity index (χ2n) is 4.37. The van der Waals surface area contributed by atoms with E-state index in [2.05, 4.69) is 10.6 Å². The van der Waals surface area contributed by atoms with Gasteiger partial charge in [-0.05, 0) is 30.5 Å². The number of amides is 2. The Morgan fingerprint density at radius 3 is 2.41 bits per heavy atom. The van der Waals surface area contributed by atoms with Gasteiger partial charge in [0.25, 0.3) is 0 Å². The molecule has 0 unspecified atom stereocenters. The predicted octanol–water partition coefficient (Wildman–Crippen LogP) is 1.67. The topological polar surface area (TPSA) is 58.2 Å². The third-order valence-corrected chi connectivity index (χ3v) is 2.69. The summed E-state index contributed by atoms with van der Waals surface area (Å²) in [5.74, 6) is 0.310. The summed E-state index contributed by atoms with van der Waals surface area (Å²) in [6, 6.07) is 7.47. The van der Waals surface area contributed by atoms with Crippen LogP contribution in [0.25, 0.3) is 0 Å². The smallest absolute Gasteiger partial charge is 0.223 e. The van der Waals surface area contributed by atoms with E-state index in [1.54, 1.807) is 0 Å². The van der Waals surface area contributed by atoms with Crippen LogP contribution < -0.4 is 10.6 Å². The molecule has 1 aromatic rings. The molecule has 0 atom stereocenters. The van der Waals surface area contributed by atoms with Gasteiger partial charge in [0.1, 0.15) is 0 Å². The quantitative estimate of drug-likeness (QED) is 0.829. The van der Waals surface area contributed by atoms with E-state index in [4.69, 9.17) is 0 Å². The van der Waals surface area contributed by atoms with E-state index < -0.39 is 0 Å². The number of carbonyl (C=O) groups is 2. The Morgan fingerprint density at radius 1 is 1.24 bits per heavy atom. The van der Waals surface area contributed by atoms with Crippen molar-refractivity contribution in [1.82, 2.24) is 5.32 Å². The number of anilines is 1. The van der Waals surface area contributed by atoms with Gasteiger partial charge >= 0.3 is 0 Å². The minimum Gasteiger partial charge on any atom is -0.352 e. The highest BCUT2D eigenvalue weighted by Gasteiger charge is 2.29. The highest BCUT2D eigenvalue weighted by molar-refractivity contribution is 5.88. The molecule has 1 aliphatic rings. The number of carbonyl (C=O) groups excluding carboxylic acids is 2. The lowest BCUT2D eigenvalue weighted by Crippen LogP contribution is -2.24. The van der Waals surface area contributed by atoms with Gasteiger partial charge in [-0.25, -0.2) is 0 Å². The van der Waals surface area contributed by atoms with Crippen molar-refractivity contribution in [2.45, 2.75) is 26.3 Å². The highest BCUT2D eigenvalue weighted by atomic mass is 16.2. The molecule has 90 valence electrons. The Labute approximate surface area is 100 Å². The largest absolute Gasteiger partial charge is 0.352 e. The molecule has 4 nitrogen and oxygen atoms in total. The van der Waals surface area contributed by atoms with Crippen LogP contribution in [0.3, 0.4) is 0 Å². The van der Waals surface area contributed by atoms with Crippen LogP contribution in [-0.4, -0.2) is 11.8 Å². The van der Waals surface area contributed by atoms with Crippen molar-refractivity contribution in [1.29, 1.82) is 0 Å². The highest BCUT2D eigenvalue weighted by Crippen LogP contribution is 2.28. The summed E-state index contributed by atoms with van der Waals surface area (Å²) in [7, 11) is 0. The van der Waals surface area contributed by atoms with Gasteiger partial charge in [-0.2, -0.15) is 0 Å². The van der Waals surface area contributed by atoms with E-state index in [0.29, 0.717) is 6.54 Å². The Hall–Kier alpha value is -1.84. The van der Waals surface area contributed by atoms with Gasteiger partial charge in [-0.3, -0.25) is 9.59 Å². The summed E-state index contributed by atoms with van der Waals surface area (Å²) < 4.78 is 0. The lowest BCUT2D eigenvalue weighted by atomic mass is 10.2. The Bertz CT molecular complexity index is 422. The van der Waals surface area contributed by atoms with Crippen LogP contribution >= 0.6 is 0 Å². The normalized spacial score (nSPS) is 14.2. The zero-order chi connectivity index (χ0) is 12.3. The second kappa shape index (κ2) is 4.99. The summed E-state index contributed by atoms with van der Waals surface area (Å²) in [6.07, 6.45) is 2.04. The van der Waals surface area contributed by atoms with Crippen molar-refractivity contribution in [3.05, 3.63) is 29.8 Å². The summed E-state index contributed by atoms with van der Waals surface area (Å²) in [5, 5.41) is 5.59. The molecule has 1 saturated carbocycles. The number of hydrogen-bond donors (Lipinski definition) is 2. The summed E-state index contributed by atoms with van der Waals surface area (Å²) in [5.41, 5.74) is 1.81. The van der Waals surface area contributed by atoms with E-state index in [0.717, 1.165) is 24.1 Å². The molecule has 2 N–H and O–H groups in total. The Balaban J connectivity index is 1.84. The molecular weight excluding hydrogens is 216 g/mol. The third kappa shape index (κ3) is 3.59. The SMILES string of the molecule is CC(=O)Nc1ccc(CNC(=O)C2CC2)cc1. The van der Waals surface area contributed by atoms with E-state index >= 15 is 0 Å². The fourth-order valence-corrected chi connectivity index (χ4v) is 1.59. The van der Waals surface area contributed by atoms with Crippen molar-refractivity contribution in [3.63, 3.8) is 0 Å². The number of hydrogen-bond acceptors (Lipinski definition) is 2. The van der Waals surface area contributed by atoms with Crippen LogP contribution in [0.4, 0.5) is 5.69 Å². The van der Waals surface area contributed by atoms with Crippen molar-refractivity contribution in [3.8, 4) is 0 Å². The molecule has 0 aliphatic heterocycles. The van der Waals surface area contributed by atoms with Gasteiger partial charge in [-0.15, -0.1) is 0 Å². The van der Waals surface area contributed by atoms with Crippen molar-refractivity contribution in [2.24, 2.45) is 5.92 Å². The molecule has 0 radical (unpaired) electrons. The van der Waals surface area contributed by atoms with Crippen LogP contribution in [0.1, 0.15) is 25.3 Å². The summed E-state index contributed by atoms with van der Waals surface area (Å²) in [4.78, 5) is 22.2. The lowest BCUT2D eigenvalue weighted by Gasteiger charge is -2.06. The van der Waals surface area contributed by atoms with Gasteiger partial charge in [0.2, 0.25) is 11.8 Å². The number of benzene rings is 1. The molecule has 1 fully saturated rings. The molecular formula is C13H16N2O2.